The van der Waals surface area contributed by atoms with Crippen LogP contribution in [0.15, 0.2) is 27.8 Å². The van der Waals surface area contributed by atoms with E-state index < -0.39 is 0 Å². The summed E-state index contributed by atoms with van der Waals surface area (Å²) >= 11 is 0. The van der Waals surface area contributed by atoms with E-state index in [-0.39, 0.29) is 17.8 Å². The van der Waals surface area contributed by atoms with Crippen molar-refractivity contribution in [1.82, 2.24) is 23.1 Å². The first-order valence-corrected chi connectivity index (χ1v) is 10.00. The van der Waals surface area contributed by atoms with Gasteiger partial charge >= 0.3 is 5.69 Å². The van der Waals surface area contributed by atoms with Gasteiger partial charge in [0.2, 0.25) is 5.78 Å². The zero-order chi connectivity index (χ0) is 21.0. The van der Waals surface area contributed by atoms with Crippen LogP contribution in [-0.2, 0) is 20.1 Å². The Balaban J connectivity index is 2.06. The molecule has 0 bridgehead atoms. The molecule has 3 aromatic heterocycles. The highest BCUT2D eigenvalue weighted by Gasteiger charge is 2.22. The predicted octanol–water partition coefficient (Wildman–Crippen LogP) is 2.84. The fourth-order valence-electron chi connectivity index (χ4n) is 4.09. The van der Waals surface area contributed by atoms with Crippen molar-refractivity contribution in [2.24, 2.45) is 7.05 Å². The van der Waals surface area contributed by atoms with Crippen LogP contribution in [0, 0.1) is 27.7 Å². The van der Waals surface area contributed by atoms with Crippen LogP contribution in [-0.4, -0.2) is 23.1 Å². The molecule has 0 amide bonds. The van der Waals surface area contributed by atoms with Crippen molar-refractivity contribution >= 4 is 16.9 Å². The molecule has 0 fully saturated rings. The summed E-state index contributed by atoms with van der Waals surface area (Å²) in [6.45, 7) is 11.2. The summed E-state index contributed by atoms with van der Waals surface area (Å²) in [5, 5.41) is 0. The lowest BCUT2D eigenvalue weighted by molar-refractivity contribution is 0.653. The van der Waals surface area contributed by atoms with Gasteiger partial charge in [0.25, 0.3) is 5.56 Å². The number of fused-ring (bicyclic) bond motifs is 3. The fraction of sp³-hybridized carbons (Fsp3) is 0.409. The van der Waals surface area contributed by atoms with Crippen molar-refractivity contribution in [2.75, 3.05) is 0 Å². The fourth-order valence-corrected chi connectivity index (χ4v) is 4.09. The number of benzene rings is 1. The monoisotopic (exact) mass is 393 g/mol. The van der Waals surface area contributed by atoms with E-state index in [0.29, 0.717) is 16.9 Å². The van der Waals surface area contributed by atoms with Crippen LogP contribution in [0.2, 0.25) is 0 Å². The predicted molar refractivity (Wildman–Crippen MR) is 115 cm³/mol. The Morgan fingerprint density at radius 2 is 1.72 bits per heavy atom. The summed E-state index contributed by atoms with van der Waals surface area (Å²) in [5.41, 5.74) is 5.45. The average molecular weight is 393 g/mol. The molecular weight excluding hydrogens is 366 g/mol. The highest BCUT2D eigenvalue weighted by atomic mass is 16.2. The summed E-state index contributed by atoms with van der Waals surface area (Å²) in [6.07, 6.45) is 0.962. The van der Waals surface area contributed by atoms with E-state index in [2.05, 4.69) is 11.5 Å². The molecule has 4 rings (SSSR count). The number of nitrogens with zero attached hydrogens (tertiary/aromatic N) is 5. The second kappa shape index (κ2) is 6.76. The maximum Gasteiger partial charge on any atom is 0.332 e. The summed E-state index contributed by atoms with van der Waals surface area (Å²) in [5.74, 6) is 0.716. The lowest BCUT2D eigenvalue weighted by Gasteiger charge is -2.11. The van der Waals surface area contributed by atoms with E-state index in [1.54, 1.807) is 7.05 Å². The Morgan fingerprint density at radius 1 is 1.00 bits per heavy atom. The summed E-state index contributed by atoms with van der Waals surface area (Å²) in [4.78, 5) is 31.2. The van der Waals surface area contributed by atoms with Crippen molar-refractivity contribution < 1.29 is 0 Å². The molecule has 0 saturated heterocycles. The van der Waals surface area contributed by atoms with E-state index in [4.69, 9.17) is 4.98 Å². The Morgan fingerprint density at radius 3 is 2.41 bits per heavy atom. The molecule has 0 aliphatic carbocycles. The van der Waals surface area contributed by atoms with E-state index in [1.165, 1.54) is 9.13 Å². The van der Waals surface area contributed by atoms with Crippen molar-refractivity contribution in [3.63, 3.8) is 0 Å². The van der Waals surface area contributed by atoms with Gasteiger partial charge in [-0.2, -0.15) is 4.98 Å². The molecule has 3 heterocycles. The SMILES string of the molecule is CCCn1c(C)c(C)n2c3c(=O)n(Cc4cc(C)ccc4C)c(=O)n(C)c3nc12. The van der Waals surface area contributed by atoms with E-state index in [0.717, 1.165) is 41.0 Å². The molecule has 0 aliphatic rings. The molecular formula is C22H27N5O2. The maximum absolute atomic E-state index is 13.5. The van der Waals surface area contributed by atoms with Crippen LogP contribution in [0.5, 0.6) is 0 Å². The van der Waals surface area contributed by atoms with Gasteiger partial charge in [-0.05, 0) is 45.2 Å². The molecule has 7 heteroatoms. The molecule has 29 heavy (non-hydrogen) atoms. The summed E-state index contributed by atoms with van der Waals surface area (Å²) in [6, 6.07) is 6.09. The highest BCUT2D eigenvalue weighted by molar-refractivity contribution is 5.76. The van der Waals surface area contributed by atoms with E-state index in [9.17, 15) is 9.59 Å². The quantitative estimate of drug-likeness (QED) is 0.535. The molecule has 0 unspecified atom stereocenters. The van der Waals surface area contributed by atoms with E-state index in [1.807, 2.05) is 50.3 Å². The van der Waals surface area contributed by atoms with Gasteiger partial charge in [-0.15, -0.1) is 0 Å². The first kappa shape index (κ1) is 19.2. The Bertz CT molecular complexity index is 1380. The number of rotatable bonds is 4. The first-order valence-electron chi connectivity index (χ1n) is 10.00. The van der Waals surface area contributed by atoms with Crippen LogP contribution in [0.3, 0.4) is 0 Å². The number of aromatic nitrogens is 5. The topological polar surface area (TPSA) is 66.2 Å². The first-order chi connectivity index (χ1) is 13.8. The molecule has 0 saturated carbocycles. The van der Waals surface area contributed by atoms with Gasteiger partial charge in [-0.1, -0.05) is 30.7 Å². The molecule has 4 aromatic rings. The summed E-state index contributed by atoms with van der Waals surface area (Å²) < 4.78 is 6.83. The minimum absolute atomic E-state index is 0.246. The lowest BCUT2D eigenvalue weighted by atomic mass is 10.1. The maximum atomic E-state index is 13.5. The Kier molecular flexibility index (Phi) is 4.48. The minimum Gasteiger partial charge on any atom is -0.314 e. The van der Waals surface area contributed by atoms with E-state index >= 15 is 0 Å². The number of imidazole rings is 2. The van der Waals surface area contributed by atoms with Crippen molar-refractivity contribution in [3.05, 3.63) is 67.1 Å². The van der Waals surface area contributed by atoms with Gasteiger partial charge in [0, 0.05) is 25.0 Å². The van der Waals surface area contributed by atoms with Crippen LogP contribution < -0.4 is 11.2 Å². The van der Waals surface area contributed by atoms with Gasteiger partial charge in [0.1, 0.15) is 0 Å². The Labute approximate surface area is 168 Å². The molecule has 0 spiro atoms. The zero-order valence-corrected chi connectivity index (χ0v) is 17.9. The minimum atomic E-state index is -0.347. The van der Waals surface area contributed by atoms with Crippen molar-refractivity contribution in [1.29, 1.82) is 0 Å². The smallest absolute Gasteiger partial charge is 0.314 e. The summed E-state index contributed by atoms with van der Waals surface area (Å²) in [7, 11) is 1.68. The highest BCUT2D eigenvalue weighted by Crippen LogP contribution is 2.21. The lowest BCUT2D eigenvalue weighted by Crippen LogP contribution is -2.39. The van der Waals surface area contributed by atoms with Crippen LogP contribution in [0.25, 0.3) is 16.9 Å². The standard InChI is InChI=1S/C22H27N5O2/c1-7-10-25-15(4)16(5)27-18-19(23-21(25)27)24(6)22(29)26(20(18)28)12-17-11-13(2)8-9-14(17)3/h8-9,11H,7,10,12H2,1-6H3. The molecule has 0 N–H and O–H groups in total. The Hall–Kier alpha value is -3.09. The van der Waals surface area contributed by atoms with Crippen LogP contribution in [0.1, 0.15) is 41.4 Å². The zero-order valence-electron chi connectivity index (χ0n) is 17.9. The second-order valence-corrected chi connectivity index (χ2v) is 7.90. The third-order valence-corrected chi connectivity index (χ3v) is 5.91. The second-order valence-electron chi connectivity index (χ2n) is 7.90. The number of hydrogen-bond acceptors (Lipinski definition) is 3. The van der Waals surface area contributed by atoms with Crippen molar-refractivity contribution in [3.8, 4) is 0 Å². The molecule has 0 radical (unpaired) electrons. The van der Waals surface area contributed by atoms with Gasteiger partial charge in [0.05, 0.1) is 6.54 Å². The van der Waals surface area contributed by atoms with Crippen LogP contribution >= 0.6 is 0 Å². The molecule has 7 nitrogen and oxygen atoms in total. The third-order valence-electron chi connectivity index (χ3n) is 5.91. The normalized spacial score (nSPS) is 11.8. The van der Waals surface area contributed by atoms with Gasteiger partial charge in [-0.25, -0.2) is 4.79 Å². The van der Waals surface area contributed by atoms with Gasteiger partial charge in [-0.3, -0.25) is 18.3 Å². The van der Waals surface area contributed by atoms with Gasteiger partial charge < -0.3 is 4.57 Å². The molecule has 152 valence electrons. The average Bonchev–Trinajstić information content (AvgIpc) is 3.18. The largest absolute Gasteiger partial charge is 0.332 e. The number of hydrogen-bond donors (Lipinski definition) is 0. The number of aryl methyl sites for hydroxylation is 5. The third kappa shape index (κ3) is 2.75. The molecule has 1 aromatic carbocycles. The molecule has 0 aliphatic heterocycles. The van der Waals surface area contributed by atoms with Crippen LogP contribution in [0.4, 0.5) is 0 Å². The van der Waals surface area contributed by atoms with Gasteiger partial charge in [0.15, 0.2) is 11.2 Å². The molecule has 0 atom stereocenters. The van der Waals surface area contributed by atoms with Crippen molar-refractivity contribution in [2.45, 2.75) is 54.1 Å².